The molecular formula is C10H25N3O10S2-2. The van der Waals surface area contributed by atoms with Crippen molar-refractivity contribution in [2.75, 3.05) is 21.1 Å². The Hall–Kier alpha value is -1.94. The fraction of sp³-hybridized carbons (Fsp3) is 0.600. The molecule has 15 heteroatoms. The highest BCUT2D eigenvalue weighted by molar-refractivity contribution is 7.92. The Morgan fingerprint density at radius 2 is 1.08 bits per heavy atom. The van der Waals surface area contributed by atoms with Gasteiger partial charge in [0.05, 0.1) is 0 Å². The van der Waals surface area contributed by atoms with E-state index in [1.165, 1.54) is 7.05 Å². The molecule has 2 N–H and O–H groups in total. The van der Waals surface area contributed by atoms with Crippen molar-refractivity contribution >= 4 is 47.5 Å². The van der Waals surface area contributed by atoms with E-state index in [1.807, 2.05) is 0 Å². The van der Waals surface area contributed by atoms with E-state index in [9.17, 15) is 36.7 Å². The molecule has 0 heterocycles. The molecule has 154 valence electrons. The third-order valence-electron chi connectivity index (χ3n) is 1.33. The average molecular weight is 411 g/mol. The molecule has 0 aliphatic rings. The van der Waals surface area contributed by atoms with E-state index in [2.05, 4.69) is 0 Å². The molecule has 0 radical (unpaired) electrons. The van der Waals surface area contributed by atoms with Crippen LogP contribution in [0.2, 0.25) is 0 Å². The fourth-order valence-electron chi connectivity index (χ4n) is 0.156. The summed E-state index contributed by atoms with van der Waals surface area (Å²) in [5, 5.41) is 15.8. The number of hydrogen-bond donors (Lipinski definition) is 2. The normalized spacial score (nSPS) is 10.2. The van der Waals surface area contributed by atoms with E-state index in [0.29, 0.717) is 12.8 Å². The highest BCUT2D eigenvalue weighted by Crippen LogP contribution is 1.87. The molecule has 0 rings (SSSR count). The molecule has 0 aliphatic heterocycles. The van der Waals surface area contributed by atoms with E-state index in [1.54, 1.807) is 0 Å². The summed E-state index contributed by atoms with van der Waals surface area (Å²) < 4.78 is 38.9. The van der Waals surface area contributed by atoms with Crippen LogP contribution in [0.25, 0.3) is 0 Å². The van der Waals surface area contributed by atoms with Crippen LogP contribution in [0.5, 0.6) is 0 Å². The Morgan fingerprint density at radius 1 is 0.840 bits per heavy atom. The van der Waals surface area contributed by atoms with Gasteiger partial charge in [0, 0.05) is 43.7 Å². The first kappa shape index (κ1) is 38.6. The zero-order chi connectivity index (χ0) is 18.5. The Balaban J connectivity index is -0.0000000516. The van der Waals surface area contributed by atoms with Crippen LogP contribution in [0.15, 0.2) is 0 Å². The molecule has 0 bridgehead atoms. The highest BCUT2D eigenvalue weighted by Gasteiger charge is 2.11. The van der Waals surface area contributed by atoms with Crippen LogP contribution in [-0.2, 0) is 32.1 Å². The summed E-state index contributed by atoms with van der Waals surface area (Å²) in [7, 11) is 3.25. The number of carbonyl (C=O) groups excluding carboxylic acids is 2. The second kappa shape index (κ2) is 22.1. The topological polar surface area (TPSA) is 199 Å². The Labute approximate surface area is 152 Å². The highest BCUT2D eigenvalue weighted by atomic mass is 32.3. The first-order valence-electron chi connectivity index (χ1n) is 4.66. The number of hydrogen-bond acceptors (Lipinski definition) is 8. The van der Waals surface area contributed by atoms with Gasteiger partial charge in [0.1, 0.15) is 0 Å². The van der Waals surface area contributed by atoms with Crippen molar-refractivity contribution in [3.05, 3.63) is 0 Å². The summed E-state index contributed by atoms with van der Waals surface area (Å²) in [6.07, 6.45) is -2.07. The minimum atomic E-state index is -2.67. The Bertz CT molecular complexity index is 369. The van der Waals surface area contributed by atoms with E-state index in [-0.39, 0.29) is 30.9 Å². The minimum Gasteiger partial charge on any atom is -0.759 e. The lowest BCUT2D eigenvalue weighted by molar-refractivity contribution is -0.127. The van der Waals surface area contributed by atoms with Gasteiger partial charge in [-0.2, -0.15) is 3.71 Å². The van der Waals surface area contributed by atoms with Crippen molar-refractivity contribution in [2.45, 2.75) is 22.3 Å². The molecule has 0 spiro atoms. The number of imide groups is 2. The van der Waals surface area contributed by atoms with Crippen LogP contribution in [0.3, 0.4) is 0 Å². The van der Waals surface area contributed by atoms with Gasteiger partial charge in [0.15, 0.2) is 0 Å². The van der Waals surface area contributed by atoms with Crippen molar-refractivity contribution < 1.29 is 46.9 Å². The number of amides is 4. The number of nitrogens with zero attached hydrogens (tertiary/aromatic N) is 3. The van der Waals surface area contributed by atoms with Crippen molar-refractivity contribution in [2.24, 2.45) is 0 Å². The standard InChI is InChI=1S/C3H5NO4.C3H5NO2.CH5NO4S2.3CH4/c1-4(2(5)6)3(7)8;1-4(2-5)3-6;1-2(7(3)4)8(5)6;;;/h1H3,(H,5,6)(H,7,8);2-3H,1H3;1H3,(H,3,4)(H,5,6);3*1H4/p-2. The summed E-state index contributed by atoms with van der Waals surface area (Å²) >= 11 is -5.34. The van der Waals surface area contributed by atoms with Crippen molar-refractivity contribution in [3.8, 4) is 0 Å². The zero-order valence-electron chi connectivity index (χ0n) is 11.5. The largest absolute Gasteiger partial charge is 0.759 e. The Morgan fingerprint density at radius 3 is 1.08 bits per heavy atom. The second-order valence-electron chi connectivity index (χ2n) is 2.87. The van der Waals surface area contributed by atoms with Crippen LogP contribution in [-0.4, -0.2) is 87.4 Å². The molecule has 4 amide bonds. The van der Waals surface area contributed by atoms with Crippen LogP contribution >= 0.6 is 0 Å². The smallest absolute Gasteiger partial charge is 0.416 e. The van der Waals surface area contributed by atoms with Crippen LogP contribution in [0.4, 0.5) is 9.59 Å². The second-order valence-corrected chi connectivity index (χ2v) is 5.07. The van der Waals surface area contributed by atoms with Crippen molar-refractivity contribution in [3.63, 3.8) is 0 Å². The van der Waals surface area contributed by atoms with Gasteiger partial charge in [-0.1, -0.05) is 22.3 Å². The van der Waals surface area contributed by atoms with Crippen LogP contribution < -0.4 is 0 Å². The van der Waals surface area contributed by atoms with Gasteiger partial charge >= 0.3 is 12.2 Å². The quantitative estimate of drug-likeness (QED) is 0.465. The van der Waals surface area contributed by atoms with Gasteiger partial charge in [0.2, 0.25) is 12.8 Å². The van der Waals surface area contributed by atoms with Gasteiger partial charge in [0.25, 0.3) is 0 Å². The van der Waals surface area contributed by atoms with E-state index in [0.717, 1.165) is 19.0 Å². The fourth-order valence-corrected chi connectivity index (χ4v) is 0.554. The number of rotatable bonds is 4. The van der Waals surface area contributed by atoms with Gasteiger partial charge in [-0.25, -0.2) is 14.5 Å². The van der Waals surface area contributed by atoms with Crippen LogP contribution in [0, 0.1) is 0 Å². The summed E-state index contributed by atoms with van der Waals surface area (Å²) in [6.45, 7) is 0. The third kappa shape index (κ3) is 27.2. The van der Waals surface area contributed by atoms with Crippen molar-refractivity contribution in [1.82, 2.24) is 13.5 Å². The average Bonchev–Trinajstić information content (AvgIpc) is 2.45. The molecule has 0 saturated carbocycles. The summed E-state index contributed by atoms with van der Waals surface area (Å²) in [4.78, 5) is 39.3. The van der Waals surface area contributed by atoms with E-state index in [4.69, 9.17) is 10.2 Å². The number of carbonyl (C=O) groups is 4. The molecule has 0 aromatic heterocycles. The van der Waals surface area contributed by atoms with E-state index >= 15 is 0 Å². The summed E-state index contributed by atoms with van der Waals surface area (Å²) in [6, 6.07) is 0. The molecule has 2 atom stereocenters. The summed E-state index contributed by atoms with van der Waals surface area (Å²) in [5.74, 6) is 0. The van der Waals surface area contributed by atoms with Crippen molar-refractivity contribution in [1.29, 1.82) is 0 Å². The maximum atomic E-state index is 9.69. The Kier molecular flexibility index (Phi) is 34.0. The van der Waals surface area contributed by atoms with Crippen LogP contribution in [0.1, 0.15) is 22.3 Å². The lowest BCUT2D eigenvalue weighted by atomic mass is 10.9. The van der Waals surface area contributed by atoms with Gasteiger partial charge in [-0.05, 0) is 0 Å². The number of carboxylic acid groups (broad SMARTS) is 2. The SMILES string of the molecule is C.C.C.CN(C(=O)O)C(=O)O.CN(C=O)C=O.CN(S(=O)[O-])S(=O)[O-]. The lowest BCUT2D eigenvalue weighted by Gasteiger charge is -2.19. The maximum Gasteiger partial charge on any atom is 0.416 e. The minimum absolute atomic E-state index is 0. The van der Waals surface area contributed by atoms with Gasteiger partial charge in [-0.15, -0.1) is 0 Å². The summed E-state index contributed by atoms with van der Waals surface area (Å²) in [5.41, 5.74) is 0. The molecule has 0 aliphatic carbocycles. The lowest BCUT2D eigenvalue weighted by Crippen LogP contribution is -2.29. The third-order valence-corrected chi connectivity index (χ3v) is 2.90. The molecule has 0 fully saturated rings. The van der Waals surface area contributed by atoms with Gasteiger partial charge in [-0.3, -0.25) is 22.9 Å². The molecule has 0 aromatic rings. The first-order chi connectivity index (χ1) is 9.91. The molecule has 0 aromatic carbocycles. The first-order valence-corrected chi connectivity index (χ1v) is 6.73. The maximum absolute atomic E-state index is 9.69. The molecule has 2 unspecified atom stereocenters. The van der Waals surface area contributed by atoms with E-state index < -0.39 is 34.7 Å². The predicted molar refractivity (Wildman–Crippen MR) is 89.5 cm³/mol. The zero-order valence-corrected chi connectivity index (χ0v) is 13.1. The van der Waals surface area contributed by atoms with Gasteiger partial charge < -0.3 is 19.3 Å². The predicted octanol–water partition coefficient (Wildman–Crippen LogP) is -0.0801. The molecule has 13 nitrogen and oxygen atoms in total. The molecule has 0 saturated heterocycles. The molecular weight excluding hydrogens is 386 g/mol. The monoisotopic (exact) mass is 411 g/mol. The molecule has 25 heavy (non-hydrogen) atoms.